The molecule has 184 valence electrons. The van der Waals surface area contributed by atoms with E-state index in [-0.39, 0.29) is 17.8 Å². The fraction of sp³-hybridized carbons (Fsp3) is 0.273. The Balaban J connectivity index is 1.53. The fourth-order valence-electron chi connectivity index (χ4n) is 4.56. The van der Waals surface area contributed by atoms with E-state index < -0.39 is 41.0 Å². The molecular formula is C22H16F4N8O2. The molecule has 0 radical (unpaired) electrons. The average Bonchev–Trinajstić information content (AvgIpc) is 3.49. The molecule has 0 fully saturated rings. The van der Waals surface area contributed by atoms with Gasteiger partial charge in [0.05, 0.1) is 29.7 Å². The van der Waals surface area contributed by atoms with Gasteiger partial charge in [0.25, 0.3) is 0 Å². The molecule has 1 aliphatic carbocycles. The van der Waals surface area contributed by atoms with Crippen LogP contribution in [0, 0.1) is 17.3 Å². The second-order valence-corrected chi connectivity index (χ2v) is 8.52. The van der Waals surface area contributed by atoms with Crippen molar-refractivity contribution in [3.8, 4) is 11.9 Å². The van der Waals surface area contributed by atoms with Crippen molar-refractivity contribution in [1.82, 2.24) is 29.4 Å². The van der Waals surface area contributed by atoms with E-state index >= 15 is 0 Å². The van der Waals surface area contributed by atoms with Crippen LogP contribution in [0.4, 0.5) is 23.2 Å². The summed E-state index contributed by atoms with van der Waals surface area (Å²) in [5, 5.41) is 20.0. The molecule has 0 saturated carbocycles. The van der Waals surface area contributed by atoms with Crippen molar-refractivity contribution in [2.24, 2.45) is 7.05 Å². The lowest BCUT2D eigenvalue weighted by molar-refractivity contribution is -0.276. The summed E-state index contributed by atoms with van der Waals surface area (Å²) in [7, 11) is 1.74. The Labute approximate surface area is 200 Å². The first-order valence-electron chi connectivity index (χ1n) is 10.5. The quantitative estimate of drug-likeness (QED) is 0.427. The number of fused-ring (bicyclic) bond motifs is 3. The minimum atomic E-state index is -5.03. The van der Waals surface area contributed by atoms with Gasteiger partial charge >= 0.3 is 6.36 Å². The summed E-state index contributed by atoms with van der Waals surface area (Å²) in [6.45, 7) is 1.88. The summed E-state index contributed by atoms with van der Waals surface area (Å²) >= 11 is 0. The molecule has 14 heteroatoms. The van der Waals surface area contributed by atoms with E-state index in [1.807, 2.05) is 6.92 Å². The molecule has 1 N–H and O–H groups in total. The molecule has 10 nitrogen and oxygen atoms in total. The molecule has 36 heavy (non-hydrogen) atoms. The van der Waals surface area contributed by atoms with E-state index in [0.717, 1.165) is 17.8 Å². The first-order valence-corrected chi connectivity index (χ1v) is 10.5. The van der Waals surface area contributed by atoms with Crippen LogP contribution in [0.2, 0.25) is 0 Å². The third kappa shape index (κ3) is 3.88. The molecule has 4 aromatic heterocycles. The normalized spacial score (nSPS) is 19.2. The predicted molar refractivity (Wildman–Crippen MR) is 114 cm³/mol. The minimum absolute atomic E-state index is 0.00164. The van der Waals surface area contributed by atoms with Gasteiger partial charge in [-0.1, -0.05) is 0 Å². The monoisotopic (exact) mass is 500 g/mol. The zero-order valence-electron chi connectivity index (χ0n) is 18.7. The van der Waals surface area contributed by atoms with Crippen LogP contribution in [0.3, 0.4) is 0 Å². The highest BCUT2D eigenvalue weighted by molar-refractivity contribution is 5.97. The number of ether oxygens (including phenoxy) is 1. The summed E-state index contributed by atoms with van der Waals surface area (Å²) < 4.78 is 58.4. The topological polar surface area (TPSA) is 123 Å². The van der Waals surface area contributed by atoms with E-state index in [0.29, 0.717) is 11.3 Å². The summed E-state index contributed by atoms with van der Waals surface area (Å²) in [6, 6.07) is 3.78. The highest BCUT2D eigenvalue weighted by atomic mass is 19.4. The second-order valence-electron chi connectivity index (χ2n) is 8.52. The Kier molecular flexibility index (Phi) is 5.16. The largest absolute Gasteiger partial charge is 0.574 e. The number of halogens is 4. The Morgan fingerprint density at radius 3 is 2.72 bits per heavy atom. The lowest BCUT2D eigenvalue weighted by Crippen LogP contribution is -2.25. The molecule has 2 unspecified atom stereocenters. The number of alkyl halides is 3. The highest BCUT2D eigenvalue weighted by Crippen LogP contribution is 2.49. The van der Waals surface area contributed by atoms with Crippen molar-refractivity contribution in [1.29, 1.82) is 5.26 Å². The molecular weight excluding hydrogens is 484 g/mol. The SMILES string of the molecule is Cn1cc(C2(C)CC(C(=O)Nc3cnc(OC(F)(F)F)c(C#N)c3)c3cnc4cc(F)nn4c32)cn1. The van der Waals surface area contributed by atoms with Crippen LogP contribution in [0.5, 0.6) is 5.88 Å². The molecule has 1 amide bonds. The number of amides is 1. The molecule has 0 aliphatic heterocycles. The van der Waals surface area contributed by atoms with Crippen LogP contribution >= 0.6 is 0 Å². The van der Waals surface area contributed by atoms with Crippen LogP contribution in [-0.4, -0.2) is 41.6 Å². The van der Waals surface area contributed by atoms with E-state index in [4.69, 9.17) is 0 Å². The second kappa shape index (κ2) is 8.01. The highest BCUT2D eigenvalue weighted by Gasteiger charge is 2.47. The van der Waals surface area contributed by atoms with Crippen molar-refractivity contribution in [3.05, 3.63) is 65.3 Å². The standard InChI is InChI=1S/C22H16F4N8O2/c1-21(12-7-30-33(2)10-12)5-14(15-9-28-17-4-16(23)32-34(17)18(15)21)19(35)31-13-3-11(6-27)20(29-8-13)36-22(24,25)26/h3-4,7-10,14H,5H2,1-2H3,(H,31,35). The predicted octanol–water partition coefficient (Wildman–Crippen LogP) is 3.20. The smallest absolute Gasteiger partial charge is 0.386 e. The first kappa shape index (κ1) is 23.2. The Bertz CT molecular complexity index is 1550. The van der Waals surface area contributed by atoms with Crippen LogP contribution in [-0.2, 0) is 17.3 Å². The number of anilines is 1. The Hall–Kier alpha value is -4.54. The van der Waals surface area contributed by atoms with Crippen LogP contribution in [0.15, 0.2) is 36.9 Å². The lowest BCUT2D eigenvalue weighted by Gasteiger charge is -2.24. The molecule has 4 aromatic rings. The third-order valence-electron chi connectivity index (χ3n) is 6.10. The zero-order valence-corrected chi connectivity index (χ0v) is 18.7. The third-order valence-corrected chi connectivity index (χ3v) is 6.10. The Morgan fingerprint density at radius 1 is 1.28 bits per heavy atom. The maximum absolute atomic E-state index is 14.0. The molecule has 0 saturated heterocycles. The van der Waals surface area contributed by atoms with Crippen LogP contribution < -0.4 is 10.1 Å². The van der Waals surface area contributed by atoms with Gasteiger partial charge in [-0.3, -0.25) is 9.48 Å². The minimum Gasteiger partial charge on any atom is -0.386 e. The molecule has 0 bridgehead atoms. The van der Waals surface area contributed by atoms with Gasteiger partial charge < -0.3 is 10.1 Å². The molecule has 0 spiro atoms. The van der Waals surface area contributed by atoms with Gasteiger partial charge in [0.15, 0.2) is 5.65 Å². The fourth-order valence-corrected chi connectivity index (χ4v) is 4.56. The van der Waals surface area contributed by atoms with Crippen molar-refractivity contribution >= 4 is 17.2 Å². The maximum Gasteiger partial charge on any atom is 0.574 e. The molecule has 2 atom stereocenters. The van der Waals surface area contributed by atoms with E-state index in [2.05, 4.69) is 30.2 Å². The number of carbonyl (C=O) groups is 1. The van der Waals surface area contributed by atoms with Crippen LogP contribution in [0.25, 0.3) is 5.65 Å². The number of hydrogen-bond donors (Lipinski definition) is 1. The molecule has 5 rings (SSSR count). The number of aryl methyl sites for hydroxylation is 1. The van der Waals surface area contributed by atoms with Crippen molar-refractivity contribution in [2.75, 3.05) is 5.32 Å². The van der Waals surface area contributed by atoms with Gasteiger partial charge in [-0.05, 0) is 19.4 Å². The zero-order chi connectivity index (χ0) is 25.8. The average molecular weight is 500 g/mol. The van der Waals surface area contributed by atoms with Crippen molar-refractivity contribution in [3.63, 3.8) is 0 Å². The first-order chi connectivity index (χ1) is 17.0. The van der Waals surface area contributed by atoms with Gasteiger partial charge in [0.2, 0.25) is 17.7 Å². The van der Waals surface area contributed by atoms with Gasteiger partial charge in [0.1, 0.15) is 11.6 Å². The summed E-state index contributed by atoms with van der Waals surface area (Å²) in [5.74, 6) is -2.96. The van der Waals surface area contributed by atoms with Crippen LogP contribution in [0.1, 0.15) is 41.6 Å². The summed E-state index contributed by atoms with van der Waals surface area (Å²) in [5.41, 5.74) is 0.798. The molecule has 4 heterocycles. The maximum atomic E-state index is 14.0. The molecule has 1 aliphatic rings. The number of nitriles is 1. The van der Waals surface area contributed by atoms with E-state index in [1.165, 1.54) is 16.8 Å². The van der Waals surface area contributed by atoms with Gasteiger partial charge in [-0.2, -0.15) is 14.8 Å². The van der Waals surface area contributed by atoms with E-state index in [1.54, 1.807) is 30.2 Å². The number of nitrogens with zero attached hydrogens (tertiary/aromatic N) is 7. The van der Waals surface area contributed by atoms with Crippen molar-refractivity contribution < 1.29 is 27.1 Å². The van der Waals surface area contributed by atoms with E-state index in [9.17, 15) is 27.6 Å². The summed E-state index contributed by atoms with van der Waals surface area (Å²) in [6.07, 6.45) is 1.10. The molecule has 0 aromatic carbocycles. The van der Waals surface area contributed by atoms with Gasteiger partial charge in [-0.15, -0.1) is 18.3 Å². The number of carbonyl (C=O) groups excluding carboxylic acids is 1. The number of hydrogen-bond acceptors (Lipinski definition) is 7. The van der Waals surface area contributed by atoms with Crippen molar-refractivity contribution in [2.45, 2.75) is 31.0 Å². The van der Waals surface area contributed by atoms with Gasteiger partial charge in [-0.25, -0.2) is 14.5 Å². The summed E-state index contributed by atoms with van der Waals surface area (Å²) in [4.78, 5) is 21.1. The number of pyridine rings is 1. The number of aromatic nitrogens is 6. The Morgan fingerprint density at radius 2 is 2.06 bits per heavy atom. The van der Waals surface area contributed by atoms with Gasteiger partial charge in [0, 0.05) is 42.0 Å². The lowest BCUT2D eigenvalue weighted by atomic mass is 9.80. The number of rotatable bonds is 4. The number of nitrogens with one attached hydrogen (secondary N) is 1.